The van der Waals surface area contributed by atoms with Gasteiger partial charge in [-0.1, -0.05) is 6.07 Å². The minimum atomic E-state index is 0.0227. The number of nitrogens with zero attached hydrogens (tertiary/aromatic N) is 2. The Hall–Kier alpha value is -1.39. The van der Waals surface area contributed by atoms with Crippen molar-refractivity contribution in [2.45, 2.75) is 30.8 Å². The standard InChI is InChI=1S/C14H20N4/c1-18(2)13(14(15)5-6-14)8-10-3-4-12-11(7-10)9-16-17-12/h3-4,7,9,13H,5-6,8,15H2,1-2H3,(H,16,17)/t13-/m0/s1. The van der Waals surface area contributed by atoms with E-state index in [9.17, 15) is 0 Å². The summed E-state index contributed by atoms with van der Waals surface area (Å²) in [5.41, 5.74) is 8.82. The second-order valence-corrected chi connectivity index (χ2v) is 5.71. The Morgan fingerprint density at radius 3 is 2.89 bits per heavy atom. The number of hydrogen-bond donors (Lipinski definition) is 2. The van der Waals surface area contributed by atoms with Crippen LogP contribution in [0.3, 0.4) is 0 Å². The van der Waals surface area contributed by atoms with Crippen LogP contribution < -0.4 is 5.73 Å². The Labute approximate surface area is 107 Å². The van der Waals surface area contributed by atoms with Gasteiger partial charge in [0.25, 0.3) is 0 Å². The van der Waals surface area contributed by atoms with Gasteiger partial charge in [0, 0.05) is 17.0 Å². The van der Waals surface area contributed by atoms with E-state index in [1.165, 1.54) is 10.9 Å². The molecule has 18 heavy (non-hydrogen) atoms. The van der Waals surface area contributed by atoms with Gasteiger partial charge in [0.05, 0.1) is 11.7 Å². The van der Waals surface area contributed by atoms with Gasteiger partial charge in [-0.15, -0.1) is 0 Å². The molecule has 1 aliphatic rings. The first-order valence-electron chi connectivity index (χ1n) is 6.46. The van der Waals surface area contributed by atoms with Crippen LogP contribution in [0.15, 0.2) is 24.4 Å². The lowest BCUT2D eigenvalue weighted by Gasteiger charge is -2.30. The lowest BCUT2D eigenvalue weighted by atomic mass is 9.96. The third kappa shape index (κ3) is 2.02. The third-order valence-electron chi connectivity index (χ3n) is 4.05. The summed E-state index contributed by atoms with van der Waals surface area (Å²) < 4.78 is 0. The summed E-state index contributed by atoms with van der Waals surface area (Å²) in [6, 6.07) is 6.89. The van der Waals surface area contributed by atoms with Crippen molar-refractivity contribution in [1.82, 2.24) is 15.1 Å². The second kappa shape index (κ2) is 4.07. The van der Waals surface area contributed by atoms with E-state index in [0.717, 1.165) is 24.8 Å². The van der Waals surface area contributed by atoms with Gasteiger partial charge in [-0.2, -0.15) is 5.10 Å². The molecule has 96 valence electrons. The van der Waals surface area contributed by atoms with Crippen molar-refractivity contribution in [2.24, 2.45) is 5.73 Å². The predicted molar refractivity (Wildman–Crippen MR) is 73.4 cm³/mol. The summed E-state index contributed by atoms with van der Waals surface area (Å²) in [6.45, 7) is 0. The van der Waals surface area contributed by atoms with E-state index in [4.69, 9.17) is 5.73 Å². The molecular formula is C14H20N4. The molecule has 0 saturated heterocycles. The fraction of sp³-hybridized carbons (Fsp3) is 0.500. The number of nitrogens with two attached hydrogens (primary N) is 1. The first kappa shape index (κ1) is 11.7. The SMILES string of the molecule is CN(C)[C@@H](Cc1ccc2[nH]ncc2c1)C1(N)CC1. The average Bonchev–Trinajstić information content (AvgIpc) is 2.91. The Bertz CT molecular complexity index is 554. The van der Waals surface area contributed by atoms with Crippen molar-refractivity contribution < 1.29 is 0 Å². The summed E-state index contributed by atoms with van der Waals surface area (Å²) in [5.74, 6) is 0. The molecule has 1 aliphatic carbocycles. The van der Waals surface area contributed by atoms with Crippen molar-refractivity contribution >= 4 is 10.9 Å². The molecule has 0 bridgehead atoms. The number of nitrogens with one attached hydrogen (secondary N) is 1. The minimum absolute atomic E-state index is 0.0227. The van der Waals surface area contributed by atoms with Crippen LogP contribution in [0.1, 0.15) is 18.4 Å². The molecule has 1 heterocycles. The molecule has 3 N–H and O–H groups in total. The molecule has 0 aliphatic heterocycles. The molecule has 1 saturated carbocycles. The third-order valence-corrected chi connectivity index (χ3v) is 4.05. The van der Waals surface area contributed by atoms with Crippen LogP contribution in [0.25, 0.3) is 10.9 Å². The lowest BCUT2D eigenvalue weighted by molar-refractivity contribution is 0.240. The Balaban J connectivity index is 1.85. The van der Waals surface area contributed by atoms with Gasteiger partial charge in [-0.25, -0.2) is 0 Å². The van der Waals surface area contributed by atoms with Crippen LogP contribution in [0.2, 0.25) is 0 Å². The highest BCUT2D eigenvalue weighted by Gasteiger charge is 2.46. The van der Waals surface area contributed by atoms with Crippen LogP contribution in [0.5, 0.6) is 0 Å². The summed E-state index contributed by atoms with van der Waals surface area (Å²) in [5, 5.41) is 8.21. The van der Waals surface area contributed by atoms with E-state index in [0.29, 0.717) is 6.04 Å². The maximum atomic E-state index is 6.37. The van der Waals surface area contributed by atoms with Crippen molar-refractivity contribution in [3.63, 3.8) is 0 Å². The molecule has 1 aromatic heterocycles. The van der Waals surface area contributed by atoms with Crippen LogP contribution in [0.4, 0.5) is 0 Å². The Morgan fingerprint density at radius 2 is 2.22 bits per heavy atom. The van der Waals surface area contributed by atoms with Gasteiger partial charge >= 0.3 is 0 Å². The average molecular weight is 244 g/mol. The summed E-state index contributed by atoms with van der Waals surface area (Å²) in [6.07, 6.45) is 5.16. The lowest BCUT2D eigenvalue weighted by Crippen LogP contribution is -2.47. The highest BCUT2D eigenvalue weighted by atomic mass is 15.1. The predicted octanol–water partition coefficient (Wildman–Crippen LogP) is 1.53. The monoisotopic (exact) mass is 244 g/mol. The van der Waals surface area contributed by atoms with Crippen molar-refractivity contribution in [1.29, 1.82) is 0 Å². The topological polar surface area (TPSA) is 57.9 Å². The smallest absolute Gasteiger partial charge is 0.0650 e. The highest BCUT2D eigenvalue weighted by Crippen LogP contribution is 2.39. The van der Waals surface area contributed by atoms with E-state index >= 15 is 0 Å². The summed E-state index contributed by atoms with van der Waals surface area (Å²) in [7, 11) is 4.24. The molecule has 1 atom stereocenters. The fourth-order valence-electron chi connectivity index (χ4n) is 2.72. The molecule has 1 aromatic carbocycles. The van der Waals surface area contributed by atoms with E-state index in [2.05, 4.69) is 47.4 Å². The largest absolute Gasteiger partial charge is 0.324 e. The molecule has 0 radical (unpaired) electrons. The number of fused-ring (bicyclic) bond motifs is 1. The van der Waals surface area contributed by atoms with E-state index in [1.54, 1.807) is 0 Å². The maximum absolute atomic E-state index is 6.37. The number of hydrogen-bond acceptors (Lipinski definition) is 3. The molecule has 4 heteroatoms. The molecule has 0 unspecified atom stereocenters. The molecule has 3 rings (SSSR count). The minimum Gasteiger partial charge on any atom is -0.324 e. The molecule has 4 nitrogen and oxygen atoms in total. The van der Waals surface area contributed by atoms with Crippen LogP contribution >= 0.6 is 0 Å². The van der Waals surface area contributed by atoms with Crippen LogP contribution in [0, 0.1) is 0 Å². The van der Waals surface area contributed by atoms with Gasteiger partial charge in [-0.3, -0.25) is 5.10 Å². The van der Waals surface area contributed by atoms with Crippen LogP contribution in [-0.2, 0) is 6.42 Å². The zero-order chi connectivity index (χ0) is 12.8. The molecule has 2 aromatic rings. The zero-order valence-corrected chi connectivity index (χ0v) is 11.0. The molecule has 0 amide bonds. The summed E-state index contributed by atoms with van der Waals surface area (Å²) >= 11 is 0. The number of H-pyrrole nitrogens is 1. The maximum Gasteiger partial charge on any atom is 0.0650 e. The molecular weight excluding hydrogens is 224 g/mol. The highest BCUT2D eigenvalue weighted by molar-refractivity contribution is 5.78. The quantitative estimate of drug-likeness (QED) is 0.857. The van der Waals surface area contributed by atoms with Crippen molar-refractivity contribution in [2.75, 3.05) is 14.1 Å². The van der Waals surface area contributed by atoms with E-state index in [-0.39, 0.29) is 5.54 Å². The number of aromatic amines is 1. The fourth-order valence-corrected chi connectivity index (χ4v) is 2.72. The number of benzene rings is 1. The number of likely N-dealkylation sites (N-methyl/N-ethyl adjacent to an activating group) is 1. The van der Waals surface area contributed by atoms with Crippen molar-refractivity contribution in [3.8, 4) is 0 Å². The van der Waals surface area contributed by atoms with E-state index in [1.807, 2.05) is 6.20 Å². The first-order valence-corrected chi connectivity index (χ1v) is 6.46. The molecule has 0 spiro atoms. The van der Waals surface area contributed by atoms with Gasteiger partial charge < -0.3 is 10.6 Å². The van der Waals surface area contributed by atoms with Gasteiger partial charge in [0.2, 0.25) is 0 Å². The second-order valence-electron chi connectivity index (χ2n) is 5.71. The zero-order valence-electron chi connectivity index (χ0n) is 11.0. The first-order chi connectivity index (χ1) is 8.58. The molecule has 1 fully saturated rings. The summed E-state index contributed by atoms with van der Waals surface area (Å²) in [4.78, 5) is 2.26. The number of aromatic nitrogens is 2. The number of rotatable bonds is 4. The Morgan fingerprint density at radius 1 is 1.44 bits per heavy atom. The normalized spacial score (nSPS) is 19.3. The van der Waals surface area contributed by atoms with Crippen LogP contribution in [-0.4, -0.2) is 40.8 Å². The van der Waals surface area contributed by atoms with Gasteiger partial charge in [0.1, 0.15) is 0 Å². The van der Waals surface area contributed by atoms with E-state index < -0.39 is 0 Å². The van der Waals surface area contributed by atoms with Crippen molar-refractivity contribution in [3.05, 3.63) is 30.0 Å². The van der Waals surface area contributed by atoms with Gasteiger partial charge in [-0.05, 0) is 51.1 Å². The Kier molecular flexibility index (Phi) is 2.64. The van der Waals surface area contributed by atoms with Gasteiger partial charge in [0.15, 0.2) is 0 Å².